The minimum absolute atomic E-state index is 0.169. The van der Waals surface area contributed by atoms with Crippen molar-refractivity contribution in [1.82, 2.24) is 9.38 Å². The molecule has 0 bridgehead atoms. The largest absolute Gasteiger partial charge is 0.326 e. The number of fused-ring (bicyclic) bond motifs is 1. The van der Waals surface area contributed by atoms with E-state index in [0.29, 0.717) is 10.7 Å². The van der Waals surface area contributed by atoms with Gasteiger partial charge in [0.15, 0.2) is 4.96 Å². The van der Waals surface area contributed by atoms with Gasteiger partial charge in [-0.15, -0.1) is 11.3 Å². The number of rotatable bonds is 4. The number of hydrogen-bond donors (Lipinski definition) is 1. The first-order chi connectivity index (χ1) is 12.6. The lowest BCUT2D eigenvalue weighted by molar-refractivity contribution is -0.115. The highest BCUT2D eigenvalue weighted by atomic mass is 35.5. The van der Waals surface area contributed by atoms with Gasteiger partial charge < -0.3 is 5.32 Å². The Morgan fingerprint density at radius 3 is 2.88 bits per heavy atom. The molecule has 7 heteroatoms. The van der Waals surface area contributed by atoms with Crippen LogP contribution in [0.3, 0.4) is 0 Å². The van der Waals surface area contributed by atoms with Crippen molar-refractivity contribution >= 4 is 39.5 Å². The molecule has 0 aliphatic heterocycles. The number of halogens is 2. The van der Waals surface area contributed by atoms with Crippen molar-refractivity contribution in [2.45, 2.75) is 6.42 Å². The summed E-state index contributed by atoms with van der Waals surface area (Å²) in [5.74, 6) is -0.602. The van der Waals surface area contributed by atoms with Crippen LogP contribution in [0.25, 0.3) is 16.2 Å². The van der Waals surface area contributed by atoms with Crippen LogP contribution in [-0.4, -0.2) is 15.3 Å². The third-order valence-corrected chi connectivity index (χ3v) is 4.98. The normalized spacial score (nSPS) is 11.0. The quantitative estimate of drug-likeness (QED) is 0.535. The Morgan fingerprint density at radius 1 is 1.23 bits per heavy atom. The van der Waals surface area contributed by atoms with Gasteiger partial charge in [-0.3, -0.25) is 9.20 Å². The first kappa shape index (κ1) is 16.8. The molecule has 1 N–H and O–H groups in total. The van der Waals surface area contributed by atoms with E-state index >= 15 is 0 Å². The van der Waals surface area contributed by atoms with Crippen molar-refractivity contribution in [3.05, 3.63) is 76.6 Å². The van der Waals surface area contributed by atoms with Gasteiger partial charge in [0, 0.05) is 33.5 Å². The highest BCUT2D eigenvalue weighted by molar-refractivity contribution is 7.15. The van der Waals surface area contributed by atoms with Crippen LogP contribution >= 0.6 is 22.9 Å². The Bertz CT molecular complexity index is 1110. The Hall–Kier alpha value is -2.70. The zero-order chi connectivity index (χ0) is 18.1. The number of carbonyl (C=O) groups excluding carboxylic acids is 1. The van der Waals surface area contributed by atoms with E-state index in [1.165, 1.54) is 23.5 Å². The van der Waals surface area contributed by atoms with E-state index in [4.69, 9.17) is 11.6 Å². The summed E-state index contributed by atoms with van der Waals surface area (Å²) in [6, 6.07) is 13.3. The highest BCUT2D eigenvalue weighted by Gasteiger charge is 2.13. The fourth-order valence-electron chi connectivity index (χ4n) is 2.68. The number of amides is 1. The van der Waals surface area contributed by atoms with Gasteiger partial charge in [0.2, 0.25) is 5.91 Å². The maximum atomic E-state index is 13.2. The number of imidazole rings is 1. The van der Waals surface area contributed by atoms with Gasteiger partial charge in [0.25, 0.3) is 0 Å². The third kappa shape index (κ3) is 3.47. The molecular weight excluding hydrogens is 373 g/mol. The summed E-state index contributed by atoms with van der Waals surface area (Å²) < 4.78 is 15.1. The number of hydrogen-bond acceptors (Lipinski definition) is 3. The Morgan fingerprint density at radius 2 is 2.08 bits per heavy atom. The van der Waals surface area contributed by atoms with Crippen LogP contribution in [0.2, 0.25) is 5.02 Å². The standard InChI is InChI=1S/C19H13ClFN3OS/c20-13-4-1-3-12(7-13)17-10-24-16(11-26-19(24)23-17)9-18(25)22-15-6-2-5-14(21)8-15/h1-8,10-11H,9H2,(H,22,25). The number of benzene rings is 2. The fraction of sp³-hybridized carbons (Fsp3) is 0.0526. The molecule has 130 valence electrons. The van der Waals surface area contributed by atoms with E-state index in [0.717, 1.165) is 21.9 Å². The van der Waals surface area contributed by atoms with E-state index in [1.807, 2.05) is 40.2 Å². The molecule has 0 fully saturated rings. The molecule has 0 aliphatic carbocycles. The van der Waals surface area contributed by atoms with Gasteiger partial charge >= 0.3 is 0 Å². The summed E-state index contributed by atoms with van der Waals surface area (Å²) >= 11 is 7.51. The SMILES string of the molecule is O=C(Cc1csc2nc(-c3cccc(Cl)c3)cn12)Nc1cccc(F)c1. The zero-order valence-corrected chi connectivity index (χ0v) is 15.0. The van der Waals surface area contributed by atoms with Crippen LogP contribution in [0.4, 0.5) is 10.1 Å². The number of anilines is 1. The van der Waals surface area contributed by atoms with Gasteiger partial charge in [-0.2, -0.15) is 0 Å². The first-order valence-electron chi connectivity index (χ1n) is 7.85. The van der Waals surface area contributed by atoms with Crippen molar-refractivity contribution in [3.8, 4) is 11.3 Å². The fourth-order valence-corrected chi connectivity index (χ4v) is 3.74. The molecule has 4 rings (SSSR count). The minimum atomic E-state index is -0.388. The molecular formula is C19H13ClFN3OS. The van der Waals surface area contributed by atoms with Gasteiger partial charge in [-0.1, -0.05) is 29.8 Å². The van der Waals surface area contributed by atoms with Gasteiger partial charge in [-0.05, 0) is 30.3 Å². The number of carbonyl (C=O) groups is 1. The molecule has 0 saturated carbocycles. The second kappa shape index (κ2) is 6.90. The van der Waals surface area contributed by atoms with Gasteiger partial charge in [0.1, 0.15) is 5.82 Å². The maximum absolute atomic E-state index is 13.2. The monoisotopic (exact) mass is 385 g/mol. The molecule has 26 heavy (non-hydrogen) atoms. The maximum Gasteiger partial charge on any atom is 0.230 e. The smallest absolute Gasteiger partial charge is 0.230 e. The topological polar surface area (TPSA) is 46.4 Å². The Labute approximate surface area is 157 Å². The predicted molar refractivity (Wildman–Crippen MR) is 102 cm³/mol. The zero-order valence-electron chi connectivity index (χ0n) is 13.4. The number of nitrogens with one attached hydrogen (secondary N) is 1. The number of aromatic nitrogens is 2. The van der Waals surface area contributed by atoms with Crippen LogP contribution in [0.15, 0.2) is 60.1 Å². The molecule has 0 spiro atoms. The molecule has 0 unspecified atom stereocenters. The van der Waals surface area contributed by atoms with E-state index in [1.54, 1.807) is 12.1 Å². The molecule has 4 aromatic rings. The second-order valence-electron chi connectivity index (χ2n) is 5.75. The van der Waals surface area contributed by atoms with Crippen LogP contribution in [0, 0.1) is 5.82 Å². The lowest BCUT2D eigenvalue weighted by atomic mass is 10.2. The molecule has 4 nitrogen and oxygen atoms in total. The first-order valence-corrected chi connectivity index (χ1v) is 9.11. The summed E-state index contributed by atoms with van der Waals surface area (Å²) in [6.07, 6.45) is 2.06. The molecule has 2 aromatic carbocycles. The molecule has 0 atom stereocenters. The van der Waals surface area contributed by atoms with Crippen molar-refractivity contribution in [2.24, 2.45) is 0 Å². The van der Waals surface area contributed by atoms with Crippen LogP contribution in [0.1, 0.15) is 5.69 Å². The summed E-state index contributed by atoms with van der Waals surface area (Å²) in [5.41, 5.74) is 2.97. The Kier molecular flexibility index (Phi) is 4.44. The van der Waals surface area contributed by atoms with Gasteiger partial charge in [-0.25, -0.2) is 9.37 Å². The average molecular weight is 386 g/mol. The summed E-state index contributed by atoms with van der Waals surface area (Å²) in [4.78, 5) is 17.7. The second-order valence-corrected chi connectivity index (χ2v) is 7.02. The Balaban J connectivity index is 1.56. The van der Waals surface area contributed by atoms with Crippen LogP contribution in [-0.2, 0) is 11.2 Å². The van der Waals surface area contributed by atoms with Crippen molar-refractivity contribution in [1.29, 1.82) is 0 Å². The molecule has 0 radical (unpaired) electrons. The summed E-state index contributed by atoms with van der Waals surface area (Å²) in [7, 11) is 0. The summed E-state index contributed by atoms with van der Waals surface area (Å²) in [6.45, 7) is 0. The van der Waals surface area contributed by atoms with E-state index in [9.17, 15) is 9.18 Å². The minimum Gasteiger partial charge on any atom is -0.326 e. The molecule has 1 amide bonds. The molecule has 2 aromatic heterocycles. The number of nitrogens with zero attached hydrogens (tertiary/aromatic N) is 2. The van der Waals surface area contributed by atoms with E-state index in [-0.39, 0.29) is 18.1 Å². The lowest BCUT2D eigenvalue weighted by Crippen LogP contribution is -2.15. The summed E-state index contributed by atoms with van der Waals surface area (Å²) in [5, 5.41) is 5.25. The third-order valence-electron chi connectivity index (χ3n) is 3.85. The lowest BCUT2D eigenvalue weighted by Gasteiger charge is -2.04. The van der Waals surface area contributed by atoms with E-state index in [2.05, 4.69) is 10.3 Å². The van der Waals surface area contributed by atoms with Crippen molar-refractivity contribution in [2.75, 3.05) is 5.32 Å². The highest BCUT2D eigenvalue weighted by Crippen LogP contribution is 2.26. The van der Waals surface area contributed by atoms with E-state index < -0.39 is 0 Å². The van der Waals surface area contributed by atoms with Crippen molar-refractivity contribution < 1.29 is 9.18 Å². The average Bonchev–Trinajstić information content (AvgIpc) is 3.17. The number of thiazole rings is 1. The molecule has 0 aliphatic rings. The van der Waals surface area contributed by atoms with Crippen LogP contribution in [0.5, 0.6) is 0 Å². The molecule has 0 saturated heterocycles. The van der Waals surface area contributed by atoms with Crippen LogP contribution < -0.4 is 5.32 Å². The van der Waals surface area contributed by atoms with Gasteiger partial charge in [0.05, 0.1) is 12.1 Å². The predicted octanol–water partition coefficient (Wildman–Crippen LogP) is 5.04. The van der Waals surface area contributed by atoms with Crippen molar-refractivity contribution in [3.63, 3.8) is 0 Å². The molecule has 2 heterocycles.